The molecule has 2 N–H and O–H groups in total. The highest BCUT2D eigenvalue weighted by Gasteiger charge is 2.12. The molecular weight excluding hydrogens is 320 g/mol. The number of hydrogen-bond donors (Lipinski definition) is 2. The molecule has 0 saturated carbocycles. The highest BCUT2D eigenvalue weighted by atomic mass is 79.9. The number of halogens is 5. The van der Waals surface area contributed by atoms with Crippen molar-refractivity contribution in [3.8, 4) is 0 Å². The van der Waals surface area contributed by atoms with Crippen molar-refractivity contribution in [3.63, 3.8) is 0 Å². The molecule has 8 heteroatoms. The van der Waals surface area contributed by atoms with E-state index in [1.54, 1.807) is 0 Å². The Hall–Kier alpha value is -1.31. The van der Waals surface area contributed by atoms with E-state index in [0.29, 0.717) is 0 Å². The third-order valence-electron chi connectivity index (χ3n) is 1.95. The fourth-order valence-electron chi connectivity index (χ4n) is 1.14. The quantitative estimate of drug-likeness (QED) is 0.820. The molecule has 0 heterocycles. The fraction of sp³-hybridized carbons (Fsp3) is 0.300. The van der Waals surface area contributed by atoms with Crippen molar-refractivity contribution in [1.29, 1.82) is 0 Å². The van der Waals surface area contributed by atoms with Gasteiger partial charge in [-0.25, -0.2) is 22.4 Å². The van der Waals surface area contributed by atoms with Crippen molar-refractivity contribution in [2.24, 2.45) is 0 Å². The zero-order valence-corrected chi connectivity index (χ0v) is 10.5. The number of hydrogen-bond acceptors (Lipinski definition) is 1. The van der Waals surface area contributed by atoms with Gasteiger partial charge in [-0.2, -0.15) is 0 Å². The Kier molecular flexibility index (Phi) is 5.39. The van der Waals surface area contributed by atoms with E-state index in [0.717, 1.165) is 12.1 Å². The number of benzene rings is 1. The summed E-state index contributed by atoms with van der Waals surface area (Å²) >= 11 is 2.90. The molecule has 0 spiro atoms. The number of carbonyl (C=O) groups is 1. The number of rotatable bonds is 4. The lowest BCUT2D eigenvalue weighted by Crippen LogP contribution is -2.37. The molecular formula is C10H9BrF4N2O. The van der Waals surface area contributed by atoms with E-state index in [1.165, 1.54) is 0 Å². The normalized spacial score (nSPS) is 10.6. The van der Waals surface area contributed by atoms with E-state index in [9.17, 15) is 22.4 Å². The molecule has 0 saturated heterocycles. The minimum Gasteiger partial charge on any atom is -0.334 e. The van der Waals surface area contributed by atoms with Crippen molar-refractivity contribution in [3.05, 3.63) is 33.8 Å². The minimum absolute atomic E-state index is 0.225. The maximum absolute atomic E-state index is 13.3. The molecule has 0 bridgehead atoms. The summed E-state index contributed by atoms with van der Waals surface area (Å²) in [7, 11) is 0. The molecule has 0 radical (unpaired) electrons. The number of nitrogens with one attached hydrogen (secondary N) is 2. The smallest absolute Gasteiger partial charge is 0.315 e. The fourth-order valence-corrected chi connectivity index (χ4v) is 1.54. The summed E-state index contributed by atoms with van der Waals surface area (Å²) in [6.07, 6.45) is -2.68. The Bertz CT molecular complexity index is 419. The predicted molar refractivity (Wildman–Crippen MR) is 60.3 cm³/mol. The van der Waals surface area contributed by atoms with E-state index in [4.69, 9.17) is 0 Å². The van der Waals surface area contributed by atoms with Crippen molar-refractivity contribution in [2.45, 2.75) is 13.0 Å². The minimum atomic E-state index is -2.68. The summed E-state index contributed by atoms with van der Waals surface area (Å²) in [5.41, 5.74) is -0.342. The van der Waals surface area contributed by atoms with Crippen LogP contribution in [0.15, 0.2) is 16.6 Å². The summed E-state index contributed by atoms with van der Waals surface area (Å²) < 4.78 is 50.4. The van der Waals surface area contributed by atoms with Gasteiger partial charge in [-0.1, -0.05) is 15.9 Å². The second kappa shape index (κ2) is 6.58. The number of amides is 2. The lowest BCUT2D eigenvalue weighted by molar-refractivity contribution is 0.146. The molecule has 0 unspecified atom stereocenters. The van der Waals surface area contributed by atoms with Crippen LogP contribution in [0.4, 0.5) is 22.4 Å². The second-order valence-electron chi connectivity index (χ2n) is 3.30. The molecule has 2 amide bonds. The molecule has 1 aromatic rings. The summed E-state index contributed by atoms with van der Waals surface area (Å²) in [5.74, 6) is -1.67. The van der Waals surface area contributed by atoms with Gasteiger partial charge in [0.2, 0.25) is 0 Å². The average molecular weight is 329 g/mol. The Balaban J connectivity index is 2.56. The molecule has 1 aromatic carbocycles. The molecule has 1 rings (SSSR count). The van der Waals surface area contributed by atoms with Crippen LogP contribution in [0.25, 0.3) is 0 Å². The van der Waals surface area contributed by atoms with E-state index in [-0.39, 0.29) is 10.0 Å². The van der Waals surface area contributed by atoms with Crippen LogP contribution < -0.4 is 10.6 Å². The van der Waals surface area contributed by atoms with Crippen LogP contribution in [-0.2, 0) is 6.54 Å². The third-order valence-corrected chi connectivity index (χ3v) is 2.41. The number of alkyl halides is 2. The Labute approximate surface area is 109 Å². The van der Waals surface area contributed by atoms with Gasteiger partial charge in [0.05, 0.1) is 13.1 Å². The van der Waals surface area contributed by atoms with Crippen LogP contribution in [0.1, 0.15) is 5.56 Å². The van der Waals surface area contributed by atoms with Gasteiger partial charge < -0.3 is 10.6 Å². The van der Waals surface area contributed by atoms with Crippen LogP contribution in [0.3, 0.4) is 0 Å². The monoisotopic (exact) mass is 328 g/mol. The van der Waals surface area contributed by atoms with Crippen LogP contribution in [0.2, 0.25) is 0 Å². The van der Waals surface area contributed by atoms with Crippen molar-refractivity contribution < 1.29 is 22.4 Å². The van der Waals surface area contributed by atoms with Gasteiger partial charge in [-0.05, 0) is 12.1 Å². The van der Waals surface area contributed by atoms with E-state index in [1.807, 2.05) is 5.32 Å². The molecule has 18 heavy (non-hydrogen) atoms. The maximum Gasteiger partial charge on any atom is 0.315 e. The second-order valence-corrected chi connectivity index (χ2v) is 4.22. The first kappa shape index (κ1) is 14.7. The van der Waals surface area contributed by atoms with E-state index in [2.05, 4.69) is 21.2 Å². The standard InChI is InChI=1S/C10H9BrF4N2O/c11-5-1-7(12)6(8(13)2-5)3-16-10(18)17-4-9(14)15/h1-2,9H,3-4H2,(H2,16,17,18). The molecule has 0 fully saturated rings. The third kappa shape index (κ3) is 4.52. The maximum atomic E-state index is 13.3. The van der Waals surface area contributed by atoms with Crippen molar-refractivity contribution in [1.82, 2.24) is 10.6 Å². The molecule has 3 nitrogen and oxygen atoms in total. The van der Waals surface area contributed by atoms with Gasteiger partial charge in [0, 0.05) is 10.0 Å². The number of urea groups is 1. The van der Waals surface area contributed by atoms with Gasteiger partial charge in [-0.15, -0.1) is 0 Å². The largest absolute Gasteiger partial charge is 0.334 e. The number of carbonyl (C=O) groups excluding carboxylic acids is 1. The van der Waals surface area contributed by atoms with Gasteiger partial charge in [-0.3, -0.25) is 0 Å². The summed E-state index contributed by atoms with van der Waals surface area (Å²) in [5, 5.41) is 3.93. The first-order chi connectivity index (χ1) is 8.40. The van der Waals surface area contributed by atoms with Gasteiger partial charge in [0.25, 0.3) is 6.43 Å². The van der Waals surface area contributed by atoms with E-state index >= 15 is 0 Å². The SMILES string of the molecule is O=C(NCc1c(F)cc(Br)cc1F)NCC(F)F. The van der Waals surface area contributed by atoms with Crippen LogP contribution in [0.5, 0.6) is 0 Å². The molecule has 0 aliphatic rings. The summed E-state index contributed by atoms with van der Waals surface area (Å²) in [4.78, 5) is 11.0. The average Bonchev–Trinajstić information content (AvgIpc) is 2.24. The zero-order valence-electron chi connectivity index (χ0n) is 8.94. The van der Waals surface area contributed by atoms with Crippen LogP contribution in [0, 0.1) is 11.6 Å². The predicted octanol–water partition coefficient (Wildman–Crippen LogP) is 2.79. The Morgan fingerprint density at radius 2 is 1.78 bits per heavy atom. The highest BCUT2D eigenvalue weighted by Crippen LogP contribution is 2.19. The van der Waals surface area contributed by atoms with Crippen LogP contribution >= 0.6 is 15.9 Å². The molecule has 0 atom stereocenters. The van der Waals surface area contributed by atoms with Crippen molar-refractivity contribution in [2.75, 3.05) is 6.54 Å². The van der Waals surface area contributed by atoms with Crippen LogP contribution in [-0.4, -0.2) is 19.0 Å². The Morgan fingerprint density at radius 3 is 2.28 bits per heavy atom. The summed E-state index contributed by atoms with van der Waals surface area (Å²) in [6, 6.07) is 1.16. The highest BCUT2D eigenvalue weighted by molar-refractivity contribution is 9.10. The first-order valence-electron chi connectivity index (χ1n) is 4.83. The Morgan fingerprint density at radius 1 is 1.22 bits per heavy atom. The summed E-state index contributed by atoms with van der Waals surface area (Å²) in [6.45, 7) is -1.25. The van der Waals surface area contributed by atoms with Gasteiger partial charge in [0.15, 0.2) is 0 Å². The van der Waals surface area contributed by atoms with Gasteiger partial charge in [0.1, 0.15) is 11.6 Å². The topological polar surface area (TPSA) is 41.1 Å². The van der Waals surface area contributed by atoms with Crippen molar-refractivity contribution >= 4 is 22.0 Å². The van der Waals surface area contributed by atoms with Gasteiger partial charge >= 0.3 is 6.03 Å². The van der Waals surface area contributed by atoms with E-state index < -0.39 is 37.2 Å². The first-order valence-corrected chi connectivity index (χ1v) is 5.62. The lowest BCUT2D eigenvalue weighted by Gasteiger charge is -2.09. The molecule has 0 aliphatic carbocycles. The molecule has 100 valence electrons. The molecule has 0 aliphatic heterocycles. The molecule has 0 aromatic heterocycles. The lowest BCUT2D eigenvalue weighted by atomic mass is 10.2. The zero-order chi connectivity index (χ0) is 13.7.